The van der Waals surface area contributed by atoms with E-state index in [1.807, 2.05) is 31.2 Å². The number of fused-ring (bicyclic) bond motifs is 1. The van der Waals surface area contributed by atoms with E-state index in [2.05, 4.69) is 43.3 Å². The molecule has 0 bridgehead atoms. The van der Waals surface area contributed by atoms with Gasteiger partial charge in [-0.05, 0) is 74.7 Å². The van der Waals surface area contributed by atoms with Crippen molar-refractivity contribution >= 4 is 40.3 Å². The molecule has 5 nitrogen and oxygen atoms in total. The molecule has 0 atom stereocenters. The van der Waals surface area contributed by atoms with E-state index < -0.39 is 0 Å². The highest BCUT2D eigenvalue weighted by Crippen LogP contribution is 2.26. The summed E-state index contributed by atoms with van der Waals surface area (Å²) in [6.07, 6.45) is 3.20. The molecule has 0 spiro atoms. The van der Waals surface area contributed by atoms with Gasteiger partial charge in [0.15, 0.2) is 5.82 Å². The van der Waals surface area contributed by atoms with Crippen LogP contribution in [0, 0.1) is 27.7 Å². The lowest BCUT2D eigenvalue weighted by atomic mass is 10.0. The molecule has 1 amide bonds. The molecule has 156 valence electrons. The number of rotatable bonds is 4. The van der Waals surface area contributed by atoms with E-state index in [-0.39, 0.29) is 5.91 Å². The van der Waals surface area contributed by atoms with Crippen molar-refractivity contribution in [1.29, 1.82) is 0 Å². The van der Waals surface area contributed by atoms with Crippen molar-refractivity contribution in [3.8, 4) is 5.82 Å². The number of aryl methyl sites for hydroxylation is 4. The third-order valence-corrected chi connectivity index (χ3v) is 5.25. The quantitative estimate of drug-likeness (QED) is 0.406. The van der Waals surface area contributed by atoms with Gasteiger partial charge in [-0.1, -0.05) is 35.4 Å². The van der Waals surface area contributed by atoms with Crippen molar-refractivity contribution in [2.75, 3.05) is 5.32 Å². The molecule has 0 aliphatic carbocycles. The number of hydrogen-bond acceptors (Lipinski definition) is 3. The third-order valence-electron chi connectivity index (χ3n) is 5.02. The van der Waals surface area contributed by atoms with Crippen LogP contribution in [0.4, 0.5) is 5.82 Å². The standard InChI is InChI=1S/C25H23ClN4O/c1-15-10-17(3)25-21(11-15)16(2)12-22(28-25)30-23(13-18(4)29-30)27-24(31)9-8-19-6-5-7-20(26)14-19/h5-14H,1-4H3,(H,27,31)/b9-8+. The van der Waals surface area contributed by atoms with Gasteiger partial charge in [0.2, 0.25) is 5.91 Å². The number of hydrogen-bond donors (Lipinski definition) is 1. The lowest BCUT2D eigenvalue weighted by molar-refractivity contribution is -0.111. The van der Waals surface area contributed by atoms with Crippen molar-refractivity contribution in [3.05, 3.63) is 87.6 Å². The molecule has 0 fully saturated rings. The van der Waals surface area contributed by atoms with Crippen LogP contribution < -0.4 is 5.32 Å². The maximum Gasteiger partial charge on any atom is 0.249 e. The monoisotopic (exact) mass is 430 g/mol. The van der Waals surface area contributed by atoms with Gasteiger partial charge in [-0.15, -0.1) is 0 Å². The van der Waals surface area contributed by atoms with Crippen LogP contribution >= 0.6 is 11.6 Å². The molecule has 31 heavy (non-hydrogen) atoms. The van der Waals surface area contributed by atoms with Gasteiger partial charge in [0.25, 0.3) is 0 Å². The Hall–Kier alpha value is -3.44. The van der Waals surface area contributed by atoms with Gasteiger partial charge in [0.05, 0.1) is 11.2 Å². The molecule has 4 aromatic rings. The van der Waals surface area contributed by atoms with Gasteiger partial charge < -0.3 is 5.32 Å². The summed E-state index contributed by atoms with van der Waals surface area (Å²) in [7, 11) is 0. The summed E-state index contributed by atoms with van der Waals surface area (Å²) in [6.45, 7) is 8.09. The Bertz CT molecular complexity index is 1340. The van der Waals surface area contributed by atoms with Crippen LogP contribution in [0.2, 0.25) is 5.02 Å². The topological polar surface area (TPSA) is 59.8 Å². The number of carbonyl (C=O) groups excluding carboxylic acids is 1. The molecule has 0 saturated carbocycles. The van der Waals surface area contributed by atoms with Gasteiger partial charge in [-0.3, -0.25) is 4.79 Å². The molecule has 2 heterocycles. The third kappa shape index (κ3) is 4.52. The van der Waals surface area contributed by atoms with E-state index in [4.69, 9.17) is 16.6 Å². The number of pyridine rings is 1. The highest BCUT2D eigenvalue weighted by atomic mass is 35.5. The normalized spacial score (nSPS) is 11.4. The summed E-state index contributed by atoms with van der Waals surface area (Å²) in [5.41, 5.74) is 6.00. The molecule has 1 N–H and O–H groups in total. The molecule has 0 saturated heterocycles. The highest BCUT2D eigenvalue weighted by molar-refractivity contribution is 6.30. The zero-order valence-electron chi connectivity index (χ0n) is 17.9. The van der Waals surface area contributed by atoms with Crippen molar-refractivity contribution in [2.24, 2.45) is 0 Å². The largest absolute Gasteiger partial charge is 0.307 e. The van der Waals surface area contributed by atoms with E-state index in [0.29, 0.717) is 16.7 Å². The Morgan fingerprint density at radius 3 is 2.61 bits per heavy atom. The first-order valence-electron chi connectivity index (χ1n) is 10.0. The van der Waals surface area contributed by atoms with Crippen LogP contribution in [-0.2, 0) is 4.79 Å². The first-order valence-corrected chi connectivity index (χ1v) is 10.4. The number of nitrogens with zero attached hydrogens (tertiary/aromatic N) is 3. The fraction of sp³-hybridized carbons (Fsp3) is 0.160. The van der Waals surface area contributed by atoms with E-state index in [1.165, 1.54) is 11.6 Å². The van der Waals surface area contributed by atoms with E-state index in [1.54, 1.807) is 22.9 Å². The second kappa shape index (κ2) is 8.36. The smallest absolute Gasteiger partial charge is 0.249 e. The zero-order chi connectivity index (χ0) is 22.1. The summed E-state index contributed by atoms with van der Waals surface area (Å²) in [5, 5.41) is 9.21. The molecule has 2 aromatic carbocycles. The highest BCUT2D eigenvalue weighted by Gasteiger charge is 2.13. The molecule has 4 rings (SSSR count). The fourth-order valence-corrected chi connectivity index (χ4v) is 3.85. The summed E-state index contributed by atoms with van der Waals surface area (Å²) in [6, 6.07) is 15.4. The second-order valence-corrected chi connectivity index (χ2v) is 8.17. The van der Waals surface area contributed by atoms with Crippen molar-refractivity contribution in [1.82, 2.24) is 14.8 Å². The van der Waals surface area contributed by atoms with Gasteiger partial charge in [-0.25, -0.2) is 4.98 Å². The van der Waals surface area contributed by atoms with Crippen LogP contribution in [0.1, 0.15) is 27.9 Å². The van der Waals surface area contributed by atoms with Crippen molar-refractivity contribution in [2.45, 2.75) is 27.7 Å². The molecule has 0 aliphatic heterocycles. The summed E-state index contributed by atoms with van der Waals surface area (Å²) < 4.78 is 1.67. The van der Waals surface area contributed by atoms with Gasteiger partial charge >= 0.3 is 0 Å². The number of carbonyl (C=O) groups is 1. The number of amides is 1. The van der Waals surface area contributed by atoms with Crippen LogP contribution in [-0.4, -0.2) is 20.7 Å². The zero-order valence-corrected chi connectivity index (χ0v) is 18.7. The van der Waals surface area contributed by atoms with Gasteiger partial charge in [0.1, 0.15) is 5.82 Å². The number of aromatic nitrogens is 3. The van der Waals surface area contributed by atoms with Crippen LogP contribution in [0.3, 0.4) is 0 Å². The predicted molar refractivity (Wildman–Crippen MR) is 127 cm³/mol. The van der Waals surface area contributed by atoms with Gasteiger partial charge in [-0.2, -0.15) is 9.78 Å². The van der Waals surface area contributed by atoms with E-state index in [0.717, 1.165) is 33.3 Å². The first kappa shape index (κ1) is 20.8. The maximum atomic E-state index is 12.5. The second-order valence-electron chi connectivity index (χ2n) is 7.74. The average molecular weight is 431 g/mol. The minimum Gasteiger partial charge on any atom is -0.307 e. The Morgan fingerprint density at radius 2 is 1.84 bits per heavy atom. The summed E-state index contributed by atoms with van der Waals surface area (Å²) in [5.74, 6) is 0.971. The summed E-state index contributed by atoms with van der Waals surface area (Å²) in [4.78, 5) is 17.4. The molecule has 0 aliphatic rings. The lowest BCUT2D eigenvalue weighted by Gasteiger charge is -2.12. The van der Waals surface area contributed by atoms with Crippen LogP contribution in [0.25, 0.3) is 22.8 Å². The number of benzene rings is 2. The minimum absolute atomic E-state index is 0.259. The lowest BCUT2D eigenvalue weighted by Crippen LogP contribution is -2.13. The Labute approximate surface area is 186 Å². The van der Waals surface area contributed by atoms with Crippen molar-refractivity contribution < 1.29 is 4.79 Å². The minimum atomic E-state index is -0.259. The molecular weight excluding hydrogens is 408 g/mol. The molecular formula is C25H23ClN4O. The molecule has 0 unspecified atom stereocenters. The summed E-state index contributed by atoms with van der Waals surface area (Å²) >= 11 is 6.00. The SMILES string of the molecule is Cc1cc(C)c2nc(-n3nc(C)cc3NC(=O)/C=C/c3cccc(Cl)c3)cc(C)c2c1. The average Bonchev–Trinajstić information content (AvgIpc) is 3.07. The van der Waals surface area contributed by atoms with Crippen LogP contribution in [0.5, 0.6) is 0 Å². The Morgan fingerprint density at radius 1 is 1.03 bits per heavy atom. The molecule has 2 aromatic heterocycles. The van der Waals surface area contributed by atoms with Crippen LogP contribution in [0.15, 0.2) is 54.6 Å². The predicted octanol–water partition coefficient (Wildman–Crippen LogP) is 5.96. The number of nitrogens with one attached hydrogen (secondary N) is 1. The van der Waals surface area contributed by atoms with E-state index >= 15 is 0 Å². The number of halogens is 1. The first-order chi connectivity index (χ1) is 14.8. The van der Waals surface area contributed by atoms with E-state index in [9.17, 15) is 4.79 Å². The Kier molecular flexibility index (Phi) is 5.61. The molecule has 6 heteroatoms. The molecule has 0 radical (unpaired) electrons. The number of anilines is 1. The fourth-order valence-electron chi connectivity index (χ4n) is 3.65. The van der Waals surface area contributed by atoms with Gasteiger partial charge in [0, 0.05) is 22.6 Å². The Balaban J connectivity index is 1.67. The van der Waals surface area contributed by atoms with Crippen molar-refractivity contribution in [3.63, 3.8) is 0 Å². The maximum absolute atomic E-state index is 12.5.